The normalized spacial score (nSPS) is 19.0. The molecular weight excluding hydrogens is 371 g/mol. The van der Waals surface area contributed by atoms with Crippen LogP contribution in [-0.2, 0) is 10.0 Å². The van der Waals surface area contributed by atoms with Gasteiger partial charge in [-0.05, 0) is 12.6 Å². The first-order valence-corrected chi connectivity index (χ1v) is 9.99. The Kier molecular flexibility index (Phi) is 5.69. The van der Waals surface area contributed by atoms with Gasteiger partial charge in [-0.25, -0.2) is 12.8 Å². The SMILES string of the molecule is COc1cc(F)c(S(=O)(=O)N2CCN(C)C[C@@H]2c2ccccc2)cc1OC. The van der Waals surface area contributed by atoms with Gasteiger partial charge >= 0.3 is 0 Å². The average molecular weight is 394 g/mol. The number of sulfonamides is 1. The van der Waals surface area contributed by atoms with Crippen LogP contribution in [0.4, 0.5) is 4.39 Å². The van der Waals surface area contributed by atoms with Gasteiger partial charge < -0.3 is 14.4 Å². The van der Waals surface area contributed by atoms with Crippen LogP contribution in [0.15, 0.2) is 47.4 Å². The van der Waals surface area contributed by atoms with E-state index in [1.807, 2.05) is 37.4 Å². The first-order valence-electron chi connectivity index (χ1n) is 8.55. The summed E-state index contributed by atoms with van der Waals surface area (Å²) in [6, 6.07) is 11.2. The zero-order chi connectivity index (χ0) is 19.6. The lowest BCUT2D eigenvalue weighted by atomic mass is 10.1. The van der Waals surface area contributed by atoms with Crippen molar-refractivity contribution in [3.8, 4) is 11.5 Å². The van der Waals surface area contributed by atoms with Crippen LogP contribution in [-0.4, -0.2) is 58.5 Å². The molecule has 27 heavy (non-hydrogen) atoms. The van der Waals surface area contributed by atoms with Crippen molar-refractivity contribution in [3.63, 3.8) is 0 Å². The highest BCUT2D eigenvalue weighted by atomic mass is 32.2. The topological polar surface area (TPSA) is 59.1 Å². The van der Waals surface area contributed by atoms with Crippen molar-refractivity contribution in [2.45, 2.75) is 10.9 Å². The third-order valence-corrected chi connectivity index (χ3v) is 6.67. The van der Waals surface area contributed by atoms with Crippen molar-refractivity contribution in [1.82, 2.24) is 9.21 Å². The second kappa shape index (κ2) is 7.84. The maximum atomic E-state index is 14.7. The summed E-state index contributed by atoms with van der Waals surface area (Å²) in [6.45, 7) is 1.36. The fraction of sp³-hybridized carbons (Fsp3) is 0.368. The lowest BCUT2D eigenvalue weighted by Gasteiger charge is -2.39. The molecule has 1 aliphatic heterocycles. The Balaban J connectivity index is 2.07. The van der Waals surface area contributed by atoms with Crippen LogP contribution in [0.25, 0.3) is 0 Å². The molecule has 8 heteroatoms. The monoisotopic (exact) mass is 394 g/mol. The molecule has 1 aliphatic rings. The summed E-state index contributed by atoms with van der Waals surface area (Å²) in [5.41, 5.74) is 0.869. The van der Waals surface area contributed by atoms with E-state index in [9.17, 15) is 12.8 Å². The van der Waals surface area contributed by atoms with Crippen LogP contribution >= 0.6 is 0 Å². The summed E-state index contributed by atoms with van der Waals surface area (Å²) in [5, 5.41) is 0. The summed E-state index contributed by atoms with van der Waals surface area (Å²) in [7, 11) is 0.623. The van der Waals surface area contributed by atoms with Gasteiger partial charge in [0, 0.05) is 31.8 Å². The second-order valence-electron chi connectivity index (χ2n) is 6.44. The first-order chi connectivity index (χ1) is 12.9. The van der Waals surface area contributed by atoms with Crippen LogP contribution < -0.4 is 9.47 Å². The fourth-order valence-corrected chi connectivity index (χ4v) is 4.96. The molecule has 0 amide bonds. The summed E-state index contributed by atoms with van der Waals surface area (Å²) < 4.78 is 52.9. The van der Waals surface area contributed by atoms with E-state index in [0.717, 1.165) is 11.6 Å². The number of nitrogens with zero attached hydrogens (tertiary/aromatic N) is 2. The quantitative estimate of drug-likeness (QED) is 0.780. The van der Waals surface area contributed by atoms with Gasteiger partial charge in [-0.3, -0.25) is 0 Å². The maximum Gasteiger partial charge on any atom is 0.246 e. The van der Waals surface area contributed by atoms with Gasteiger partial charge in [-0.15, -0.1) is 0 Å². The third-order valence-electron chi connectivity index (χ3n) is 4.74. The fourth-order valence-electron chi connectivity index (χ4n) is 3.30. The molecule has 0 spiro atoms. The van der Waals surface area contributed by atoms with E-state index < -0.39 is 26.8 Å². The van der Waals surface area contributed by atoms with Crippen LogP contribution in [0.1, 0.15) is 11.6 Å². The third kappa shape index (κ3) is 3.78. The Morgan fingerprint density at radius 1 is 1.04 bits per heavy atom. The molecule has 0 unspecified atom stereocenters. The van der Waals surface area contributed by atoms with E-state index in [1.54, 1.807) is 0 Å². The number of likely N-dealkylation sites (N-methyl/N-ethyl adjacent to an activating group) is 1. The van der Waals surface area contributed by atoms with E-state index in [-0.39, 0.29) is 18.0 Å². The summed E-state index contributed by atoms with van der Waals surface area (Å²) in [5.74, 6) is -0.548. The van der Waals surface area contributed by atoms with E-state index in [4.69, 9.17) is 9.47 Å². The molecule has 146 valence electrons. The zero-order valence-electron chi connectivity index (χ0n) is 15.6. The molecule has 3 rings (SSSR count). The summed E-state index contributed by atoms with van der Waals surface area (Å²) in [6.07, 6.45) is 0. The summed E-state index contributed by atoms with van der Waals surface area (Å²) >= 11 is 0. The number of benzene rings is 2. The number of ether oxygens (including phenoxy) is 2. The van der Waals surface area contributed by atoms with Gasteiger partial charge in [0.25, 0.3) is 0 Å². The number of rotatable bonds is 5. The van der Waals surface area contributed by atoms with Crippen LogP contribution in [0.5, 0.6) is 11.5 Å². The molecule has 1 saturated heterocycles. The van der Waals surface area contributed by atoms with Crippen molar-refractivity contribution in [3.05, 3.63) is 53.8 Å². The Morgan fingerprint density at radius 2 is 1.67 bits per heavy atom. The highest BCUT2D eigenvalue weighted by Gasteiger charge is 2.38. The summed E-state index contributed by atoms with van der Waals surface area (Å²) in [4.78, 5) is 1.65. The molecule has 2 aromatic carbocycles. The number of piperazine rings is 1. The molecule has 1 heterocycles. The van der Waals surface area contributed by atoms with Gasteiger partial charge in [-0.2, -0.15) is 4.31 Å². The lowest BCUT2D eigenvalue weighted by molar-refractivity contribution is 0.160. The molecular formula is C19H23FN2O4S. The van der Waals surface area contributed by atoms with E-state index in [2.05, 4.69) is 4.90 Å². The van der Waals surface area contributed by atoms with Gasteiger partial charge in [0.15, 0.2) is 11.5 Å². The maximum absolute atomic E-state index is 14.7. The standard InChI is InChI=1S/C19H23FN2O4S/c1-21-9-10-22(16(13-21)14-7-5-4-6-8-14)27(23,24)19-12-18(26-3)17(25-2)11-15(19)20/h4-8,11-12,16H,9-10,13H2,1-3H3/t16-/m1/s1. The van der Waals surface area contributed by atoms with Crippen molar-refractivity contribution in [2.75, 3.05) is 40.9 Å². The highest BCUT2D eigenvalue weighted by molar-refractivity contribution is 7.89. The van der Waals surface area contributed by atoms with Crippen molar-refractivity contribution < 1.29 is 22.3 Å². The Bertz CT molecular complexity index is 905. The van der Waals surface area contributed by atoms with Crippen molar-refractivity contribution >= 4 is 10.0 Å². The molecule has 0 saturated carbocycles. The van der Waals surface area contributed by atoms with Gasteiger partial charge in [0.2, 0.25) is 10.0 Å². The average Bonchev–Trinajstić information content (AvgIpc) is 2.67. The molecule has 0 bridgehead atoms. The predicted octanol–water partition coefficient (Wildman–Crippen LogP) is 2.52. The van der Waals surface area contributed by atoms with Crippen LogP contribution in [0.3, 0.4) is 0 Å². The minimum absolute atomic E-state index is 0.145. The first kappa shape index (κ1) is 19.6. The van der Waals surface area contributed by atoms with Crippen LogP contribution in [0.2, 0.25) is 0 Å². The smallest absolute Gasteiger partial charge is 0.246 e. The Morgan fingerprint density at radius 3 is 2.30 bits per heavy atom. The minimum atomic E-state index is -4.07. The predicted molar refractivity (Wildman–Crippen MR) is 100 cm³/mol. The molecule has 0 radical (unpaired) electrons. The van der Waals surface area contributed by atoms with Gasteiger partial charge in [0.1, 0.15) is 10.7 Å². The molecule has 6 nitrogen and oxygen atoms in total. The minimum Gasteiger partial charge on any atom is -0.493 e. The highest BCUT2D eigenvalue weighted by Crippen LogP contribution is 2.36. The largest absolute Gasteiger partial charge is 0.493 e. The molecule has 0 N–H and O–H groups in total. The van der Waals surface area contributed by atoms with Gasteiger partial charge in [0.05, 0.1) is 20.3 Å². The van der Waals surface area contributed by atoms with E-state index in [1.165, 1.54) is 24.6 Å². The van der Waals surface area contributed by atoms with E-state index in [0.29, 0.717) is 13.1 Å². The zero-order valence-corrected chi connectivity index (χ0v) is 16.4. The molecule has 1 fully saturated rings. The molecule has 0 aliphatic carbocycles. The Labute approximate surface area is 159 Å². The Hall–Kier alpha value is -2.16. The lowest BCUT2D eigenvalue weighted by Crippen LogP contribution is -2.49. The molecule has 1 atom stereocenters. The van der Waals surface area contributed by atoms with Crippen molar-refractivity contribution in [2.24, 2.45) is 0 Å². The van der Waals surface area contributed by atoms with E-state index >= 15 is 0 Å². The van der Waals surface area contributed by atoms with Crippen LogP contribution in [0, 0.1) is 5.82 Å². The van der Waals surface area contributed by atoms with Crippen molar-refractivity contribution in [1.29, 1.82) is 0 Å². The molecule has 2 aromatic rings. The number of halogens is 1. The number of methoxy groups -OCH3 is 2. The molecule has 0 aromatic heterocycles. The number of hydrogen-bond acceptors (Lipinski definition) is 5. The van der Waals surface area contributed by atoms with Gasteiger partial charge in [-0.1, -0.05) is 30.3 Å². The second-order valence-corrected chi connectivity index (χ2v) is 8.30. The number of hydrogen-bond donors (Lipinski definition) is 0.